The van der Waals surface area contributed by atoms with Gasteiger partial charge in [-0.1, -0.05) is 11.6 Å². The van der Waals surface area contributed by atoms with Gasteiger partial charge in [-0.3, -0.25) is 0 Å². The first-order chi connectivity index (χ1) is 9.36. The number of nitrogens with one attached hydrogen (secondary N) is 1. The Bertz CT molecular complexity index is 646. The number of nitrogens with zero attached hydrogens (tertiary/aromatic N) is 1. The quantitative estimate of drug-likeness (QED) is 0.926. The van der Waals surface area contributed by atoms with Gasteiger partial charge in [0.05, 0.1) is 15.5 Å². The van der Waals surface area contributed by atoms with Crippen molar-refractivity contribution in [1.82, 2.24) is 4.72 Å². The average Bonchev–Trinajstić information content (AvgIpc) is 2.38. The van der Waals surface area contributed by atoms with Gasteiger partial charge in [-0.2, -0.15) is 5.26 Å². The highest BCUT2D eigenvalue weighted by molar-refractivity contribution is 7.89. The van der Waals surface area contributed by atoms with Crippen LogP contribution in [-0.4, -0.2) is 27.2 Å². The monoisotopic (exact) mass is 314 g/mol. The smallest absolute Gasteiger partial charge is 0.241 e. The van der Waals surface area contributed by atoms with Crippen LogP contribution < -0.4 is 4.72 Å². The number of halogens is 1. The fraction of sp³-hybridized carbons (Fsp3) is 0.462. The number of rotatable bonds is 3. The zero-order chi connectivity index (χ0) is 14.8. The summed E-state index contributed by atoms with van der Waals surface area (Å²) in [7, 11) is -3.67. The molecule has 108 valence electrons. The Balaban J connectivity index is 2.26. The molecule has 20 heavy (non-hydrogen) atoms. The van der Waals surface area contributed by atoms with Crippen molar-refractivity contribution >= 4 is 21.6 Å². The third kappa shape index (κ3) is 3.30. The molecule has 1 saturated heterocycles. The molecule has 0 aromatic heterocycles. The summed E-state index contributed by atoms with van der Waals surface area (Å²) >= 11 is 5.88. The van der Waals surface area contributed by atoms with Gasteiger partial charge in [0.15, 0.2) is 0 Å². The summed E-state index contributed by atoms with van der Waals surface area (Å²) in [6.07, 6.45) is 1.24. The van der Waals surface area contributed by atoms with E-state index >= 15 is 0 Å². The fourth-order valence-electron chi connectivity index (χ4n) is 2.06. The molecule has 1 aliphatic rings. The third-order valence-corrected chi connectivity index (χ3v) is 5.30. The first-order valence-electron chi connectivity index (χ1n) is 6.18. The van der Waals surface area contributed by atoms with Crippen molar-refractivity contribution in [3.8, 4) is 6.07 Å². The lowest BCUT2D eigenvalue weighted by Crippen LogP contribution is -2.49. The van der Waals surface area contributed by atoms with E-state index in [-0.39, 0.29) is 15.5 Å². The SMILES string of the molecule is CC1(NS(=O)(=O)c2ccc(C#N)c(Cl)c2)CCOCC1. The summed E-state index contributed by atoms with van der Waals surface area (Å²) < 4.78 is 32.7. The summed E-state index contributed by atoms with van der Waals surface area (Å²) in [6, 6.07) is 5.99. The van der Waals surface area contributed by atoms with Crippen LogP contribution in [0.2, 0.25) is 5.02 Å². The van der Waals surface area contributed by atoms with E-state index in [4.69, 9.17) is 21.6 Å². The molecule has 1 aromatic carbocycles. The van der Waals surface area contributed by atoms with Crippen molar-refractivity contribution in [2.45, 2.75) is 30.2 Å². The Hall–Kier alpha value is -1.13. The standard InChI is InChI=1S/C13H15ClN2O3S/c1-13(4-6-19-7-5-13)16-20(17,18)11-3-2-10(9-15)12(14)8-11/h2-3,8,16H,4-7H2,1H3. The highest BCUT2D eigenvalue weighted by Crippen LogP contribution is 2.25. The van der Waals surface area contributed by atoms with Crippen molar-refractivity contribution in [3.05, 3.63) is 28.8 Å². The molecule has 0 radical (unpaired) electrons. The lowest BCUT2D eigenvalue weighted by atomic mass is 9.94. The Morgan fingerprint density at radius 2 is 2.05 bits per heavy atom. The number of hydrogen-bond acceptors (Lipinski definition) is 4. The fourth-order valence-corrected chi connectivity index (χ4v) is 3.84. The van der Waals surface area contributed by atoms with Gasteiger partial charge in [0.25, 0.3) is 0 Å². The zero-order valence-electron chi connectivity index (χ0n) is 11.0. The molecule has 0 bridgehead atoms. The molecule has 5 nitrogen and oxygen atoms in total. The van der Waals surface area contributed by atoms with Crippen molar-refractivity contribution in [3.63, 3.8) is 0 Å². The van der Waals surface area contributed by atoms with Crippen LogP contribution in [0, 0.1) is 11.3 Å². The molecule has 0 atom stereocenters. The molecule has 0 saturated carbocycles. The van der Waals surface area contributed by atoms with Crippen LogP contribution in [0.25, 0.3) is 0 Å². The summed E-state index contributed by atoms with van der Waals surface area (Å²) in [6.45, 7) is 2.93. The van der Waals surface area contributed by atoms with E-state index in [0.717, 1.165) is 0 Å². The molecule has 1 aliphatic heterocycles. The maximum atomic E-state index is 12.4. The van der Waals surface area contributed by atoms with Crippen LogP contribution in [0.1, 0.15) is 25.3 Å². The van der Waals surface area contributed by atoms with Crippen molar-refractivity contribution in [1.29, 1.82) is 5.26 Å². The Morgan fingerprint density at radius 1 is 1.40 bits per heavy atom. The number of ether oxygens (including phenoxy) is 1. The summed E-state index contributed by atoms with van der Waals surface area (Å²) in [5.41, 5.74) is -0.264. The number of hydrogen-bond donors (Lipinski definition) is 1. The lowest BCUT2D eigenvalue weighted by Gasteiger charge is -2.34. The average molecular weight is 315 g/mol. The highest BCUT2D eigenvalue weighted by atomic mass is 35.5. The van der Waals surface area contributed by atoms with Crippen LogP contribution in [0.15, 0.2) is 23.1 Å². The Morgan fingerprint density at radius 3 is 2.60 bits per heavy atom. The molecule has 0 aliphatic carbocycles. The van der Waals surface area contributed by atoms with Gasteiger partial charge >= 0.3 is 0 Å². The number of sulfonamides is 1. The van der Waals surface area contributed by atoms with E-state index in [2.05, 4.69) is 4.72 Å². The van der Waals surface area contributed by atoms with Gasteiger partial charge in [-0.05, 0) is 38.0 Å². The molecule has 2 rings (SSSR count). The predicted octanol–water partition coefficient (Wildman–Crippen LogP) is 2.06. The minimum atomic E-state index is -3.67. The first-order valence-corrected chi connectivity index (χ1v) is 8.04. The Kier molecular flexibility index (Phi) is 4.35. The van der Waals surface area contributed by atoms with E-state index in [0.29, 0.717) is 26.1 Å². The summed E-state index contributed by atoms with van der Waals surface area (Å²) in [5, 5.41) is 8.93. The van der Waals surface area contributed by atoms with Gasteiger partial charge in [0, 0.05) is 18.8 Å². The molecular formula is C13H15ClN2O3S. The maximum absolute atomic E-state index is 12.4. The molecule has 0 amide bonds. The minimum Gasteiger partial charge on any atom is -0.381 e. The van der Waals surface area contributed by atoms with E-state index < -0.39 is 15.6 Å². The number of benzene rings is 1. The summed E-state index contributed by atoms with van der Waals surface area (Å²) in [4.78, 5) is 0.0641. The molecule has 1 fully saturated rings. The predicted molar refractivity (Wildman–Crippen MR) is 74.9 cm³/mol. The van der Waals surface area contributed by atoms with Gasteiger partial charge in [-0.15, -0.1) is 0 Å². The Labute approximate surface area is 123 Å². The van der Waals surface area contributed by atoms with E-state index in [9.17, 15) is 8.42 Å². The van der Waals surface area contributed by atoms with Gasteiger partial charge < -0.3 is 4.74 Å². The zero-order valence-corrected chi connectivity index (χ0v) is 12.6. The highest BCUT2D eigenvalue weighted by Gasteiger charge is 2.32. The van der Waals surface area contributed by atoms with Crippen LogP contribution in [-0.2, 0) is 14.8 Å². The second-order valence-corrected chi connectivity index (χ2v) is 7.12. The normalized spacial score (nSPS) is 18.4. The van der Waals surface area contributed by atoms with Crippen molar-refractivity contribution in [2.75, 3.05) is 13.2 Å². The van der Waals surface area contributed by atoms with Crippen molar-refractivity contribution in [2.24, 2.45) is 0 Å². The largest absolute Gasteiger partial charge is 0.381 e. The second kappa shape index (κ2) is 5.70. The molecular weight excluding hydrogens is 300 g/mol. The molecule has 1 N–H and O–H groups in total. The summed E-state index contributed by atoms with van der Waals surface area (Å²) in [5.74, 6) is 0. The second-order valence-electron chi connectivity index (χ2n) is 5.03. The van der Waals surface area contributed by atoms with E-state index in [1.807, 2.05) is 13.0 Å². The van der Waals surface area contributed by atoms with Gasteiger partial charge in [0.2, 0.25) is 10.0 Å². The molecule has 7 heteroatoms. The van der Waals surface area contributed by atoms with Crippen LogP contribution in [0.3, 0.4) is 0 Å². The van der Waals surface area contributed by atoms with Crippen LogP contribution in [0.4, 0.5) is 0 Å². The minimum absolute atomic E-state index is 0.0641. The lowest BCUT2D eigenvalue weighted by molar-refractivity contribution is 0.0537. The molecule has 0 unspecified atom stereocenters. The van der Waals surface area contributed by atoms with E-state index in [1.54, 1.807) is 0 Å². The topological polar surface area (TPSA) is 79.2 Å². The van der Waals surface area contributed by atoms with Gasteiger partial charge in [0.1, 0.15) is 6.07 Å². The molecule has 1 heterocycles. The number of nitriles is 1. The first kappa shape index (κ1) is 15.3. The third-order valence-electron chi connectivity index (χ3n) is 3.35. The molecule has 0 spiro atoms. The van der Waals surface area contributed by atoms with Crippen molar-refractivity contribution < 1.29 is 13.2 Å². The maximum Gasteiger partial charge on any atom is 0.241 e. The van der Waals surface area contributed by atoms with Crippen LogP contribution >= 0.6 is 11.6 Å². The van der Waals surface area contributed by atoms with Gasteiger partial charge in [-0.25, -0.2) is 13.1 Å². The molecule has 1 aromatic rings. The van der Waals surface area contributed by atoms with E-state index in [1.165, 1.54) is 18.2 Å². The van der Waals surface area contributed by atoms with Crippen LogP contribution in [0.5, 0.6) is 0 Å².